The molecule has 2 aromatic rings. The maximum absolute atomic E-state index is 12.1. The van der Waals surface area contributed by atoms with E-state index in [1.807, 2.05) is 13.8 Å². The van der Waals surface area contributed by atoms with Gasteiger partial charge in [0.2, 0.25) is 0 Å². The molecule has 0 aliphatic rings. The van der Waals surface area contributed by atoms with Crippen LogP contribution in [0.2, 0.25) is 0 Å². The van der Waals surface area contributed by atoms with Crippen LogP contribution >= 0.6 is 11.3 Å². The normalized spacial score (nSPS) is 10.3. The van der Waals surface area contributed by atoms with Crippen molar-refractivity contribution in [1.29, 1.82) is 0 Å². The molecule has 0 atom stereocenters. The summed E-state index contributed by atoms with van der Waals surface area (Å²) in [6, 6.07) is 5.01. The second-order valence-corrected chi connectivity index (χ2v) is 5.59. The highest BCUT2D eigenvalue weighted by molar-refractivity contribution is 7.11. The van der Waals surface area contributed by atoms with Gasteiger partial charge in [0.15, 0.2) is 0 Å². The van der Waals surface area contributed by atoms with Gasteiger partial charge in [-0.1, -0.05) is 0 Å². The van der Waals surface area contributed by atoms with Gasteiger partial charge in [0.1, 0.15) is 10.8 Å². The standard InChI is InChI=1S/C14H17N3O2S/c1-3-19-12-5-10(4-11(15)6-12)14(18)17-8-13-16-7-9(2)20-13/h4-7H,3,8,15H2,1-2H3,(H,17,18). The lowest BCUT2D eigenvalue weighted by molar-refractivity contribution is 0.0950. The molecule has 0 bridgehead atoms. The third-order valence-electron chi connectivity index (χ3n) is 2.57. The lowest BCUT2D eigenvalue weighted by atomic mass is 10.1. The number of amides is 1. The van der Waals surface area contributed by atoms with Crippen molar-refractivity contribution in [2.75, 3.05) is 12.3 Å². The number of nitrogens with two attached hydrogens (primary N) is 1. The largest absolute Gasteiger partial charge is 0.494 e. The summed E-state index contributed by atoms with van der Waals surface area (Å²) in [5, 5.41) is 3.70. The van der Waals surface area contributed by atoms with Gasteiger partial charge in [-0.3, -0.25) is 4.79 Å². The van der Waals surface area contributed by atoms with E-state index in [2.05, 4.69) is 10.3 Å². The number of carbonyl (C=O) groups excluding carboxylic acids is 1. The first kappa shape index (κ1) is 14.3. The Kier molecular flexibility index (Phi) is 4.57. The fourth-order valence-electron chi connectivity index (χ4n) is 1.74. The van der Waals surface area contributed by atoms with Crippen LogP contribution in [0.4, 0.5) is 5.69 Å². The molecule has 0 aliphatic carbocycles. The number of carbonyl (C=O) groups is 1. The van der Waals surface area contributed by atoms with Crippen molar-refractivity contribution < 1.29 is 9.53 Å². The van der Waals surface area contributed by atoms with E-state index in [-0.39, 0.29) is 5.91 Å². The van der Waals surface area contributed by atoms with Crippen LogP contribution < -0.4 is 15.8 Å². The van der Waals surface area contributed by atoms with Crippen LogP contribution in [0.3, 0.4) is 0 Å². The second kappa shape index (κ2) is 6.38. The van der Waals surface area contributed by atoms with Crippen LogP contribution in [0.25, 0.3) is 0 Å². The number of aromatic nitrogens is 1. The number of hydrogen-bond donors (Lipinski definition) is 2. The van der Waals surface area contributed by atoms with E-state index in [1.165, 1.54) is 0 Å². The molecule has 0 unspecified atom stereocenters. The molecule has 1 aromatic carbocycles. The number of nitrogens with one attached hydrogen (secondary N) is 1. The molecule has 0 radical (unpaired) electrons. The minimum atomic E-state index is -0.189. The number of anilines is 1. The fourth-order valence-corrected chi connectivity index (χ4v) is 2.47. The Morgan fingerprint density at radius 1 is 1.45 bits per heavy atom. The Bertz CT molecular complexity index is 610. The number of ether oxygens (including phenoxy) is 1. The summed E-state index contributed by atoms with van der Waals surface area (Å²) in [5.41, 5.74) is 6.76. The van der Waals surface area contributed by atoms with Crippen molar-refractivity contribution in [3.05, 3.63) is 39.8 Å². The average Bonchev–Trinajstić information content (AvgIpc) is 2.81. The van der Waals surface area contributed by atoms with Gasteiger partial charge < -0.3 is 15.8 Å². The minimum absolute atomic E-state index is 0.189. The van der Waals surface area contributed by atoms with Crippen molar-refractivity contribution in [2.24, 2.45) is 0 Å². The zero-order valence-corrected chi connectivity index (χ0v) is 12.3. The van der Waals surface area contributed by atoms with Gasteiger partial charge in [0.25, 0.3) is 5.91 Å². The monoisotopic (exact) mass is 291 g/mol. The molecule has 5 nitrogen and oxygen atoms in total. The van der Waals surface area contributed by atoms with Crippen LogP contribution in [0.15, 0.2) is 24.4 Å². The molecule has 1 aromatic heterocycles. The van der Waals surface area contributed by atoms with Crippen LogP contribution in [0, 0.1) is 6.92 Å². The molecule has 0 spiro atoms. The quantitative estimate of drug-likeness (QED) is 0.829. The molecule has 0 aliphatic heterocycles. The first-order valence-electron chi connectivity index (χ1n) is 6.31. The Labute approximate surface area is 121 Å². The van der Waals surface area contributed by atoms with Crippen molar-refractivity contribution >= 4 is 22.9 Å². The predicted octanol–water partition coefficient (Wildman–Crippen LogP) is 2.36. The Hall–Kier alpha value is -2.08. The summed E-state index contributed by atoms with van der Waals surface area (Å²) in [6.07, 6.45) is 1.79. The average molecular weight is 291 g/mol. The summed E-state index contributed by atoms with van der Waals surface area (Å²) in [6.45, 7) is 4.81. The summed E-state index contributed by atoms with van der Waals surface area (Å²) >= 11 is 1.56. The van der Waals surface area contributed by atoms with Gasteiger partial charge in [-0.25, -0.2) is 4.98 Å². The van der Waals surface area contributed by atoms with Crippen molar-refractivity contribution in [3.63, 3.8) is 0 Å². The zero-order valence-electron chi connectivity index (χ0n) is 11.5. The Morgan fingerprint density at radius 2 is 2.25 bits per heavy atom. The summed E-state index contributed by atoms with van der Waals surface area (Å²) in [4.78, 5) is 17.4. The van der Waals surface area contributed by atoms with Gasteiger partial charge in [0.05, 0.1) is 13.2 Å². The summed E-state index contributed by atoms with van der Waals surface area (Å²) in [7, 11) is 0. The van der Waals surface area contributed by atoms with Crippen LogP contribution in [-0.4, -0.2) is 17.5 Å². The zero-order chi connectivity index (χ0) is 14.5. The summed E-state index contributed by atoms with van der Waals surface area (Å²) in [5.74, 6) is 0.411. The fraction of sp³-hybridized carbons (Fsp3) is 0.286. The smallest absolute Gasteiger partial charge is 0.251 e. The number of thiazole rings is 1. The van der Waals surface area contributed by atoms with Crippen LogP contribution in [0.1, 0.15) is 27.2 Å². The molecule has 0 saturated heterocycles. The SMILES string of the molecule is CCOc1cc(N)cc(C(=O)NCc2ncc(C)s2)c1. The maximum Gasteiger partial charge on any atom is 0.251 e. The van der Waals surface area contributed by atoms with Gasteiger partial charge in [-0.05, 0) is 26.0 Å². The first-order valence-corrected chi connectivity index (χ1v) is 7.13. The molecule has 3 N–H and O–H groups in total. The Morgan fingerprint density at radius 3 is 2.90 bits per heavy atom. The molecular weight excluding hydrogens is 274 g/mol. The lowest BCUT2D eigenvalue weighted by Gasteiger charge is -2.08. The van der Waals surface area contributed by atoms with E-state index in [4.69, 9.17) is 10.5 Å². The van der Waals surface area contributed by atoms with E-state index in [0.717, 1.165) is 9.88 Å². The van der Waals surface area contributed by atoms with Crippen molar-refractivity contribution in [3.8, 4) is 5.75 Å². The van der Waals surface area contributed by atoms with E-state index in [1.54, 1.807) is 35.7 Å². The van der Waals surface area contributed by atoms with Gasteiger partial charge >= 0.3 is 0 Å². The van der Waals surface area contributed by atoms with E-state index < -0.39 is 0 Å². The van der Waals surface area contributed by atoms with Crippen LogP contribution in [0.5, 0.6) is 5.75 Å². The number of hydrogen-bond acceptors (Lipinski definition) is 5. The molecular formula is C14H17N3O2S. The second-order valence-electron chi connectivity index (χ2n) is 4.27. The number of aryl methyl sites for hydroxylation is 1. The molecule has 106 valence electrons. The first-order chi connectivity index (χ1) is 9.58. The molecule has 0 fully saturated rings. The number of rotatable bonds is 5. The lowest BCUT2D eigenvalue weighted by Crippen LogP contribution is -2.22. The Balaban J connectivity index is 2.04. The predicted molar refractivity (Wildman–Crippen MR) is 80.0 cm³/mol. The number of nitrogens with zero attached hydrogens (tertiary/aromatic N) is 1. The van der Waals surface area contributed by atoms with E-state index in [9.17, 15) is 4.79 Å². The van der Waals surface area contributed by atoms with E-state index >= 15 is 0 Å². The van der Waals surface area contributed by atoms with Crippen molar-refractivity contribution in [1.82, 2.24) is 10.3 Å². The molecule has 6 heteroatoms. The highest BCUT2D eigenvalue weighted by atomic mass is 32.1. The third-order valence-corrected chi connectivity index (χ3v) is 3.48. The van der Waals surface area contributed by atoms with Gasteiger partial charge in [-0.2, -0.15) is 0 Å². The maximum atomic E-state index is 12.1. The third kappa shape index (κ3) is 3.71. The number of benzene rings is 1. The molecule has 1 amide bonds. The summed E-state index contributed by atoms with van der Waals surface area (Å²) < 4.78 is 5.37. The number of nitrogen functional groups attached to an aromatic ring is 1. The highest BCUT2D eigenvalue weighted by Gasteiger charge is 2.09. The highest BCUT2D eigenvalue weighted by Crippen LogP contribution is 2.19. The van der Waals surface area contributed by atoms with Crippen molar-refractivity contribution in [2.45, 2.75) is 20.4 Å². The molecule has 20 heavy (non-hydrogen) atoms. The van der Waals surface area contributed by atoms with Crippen LogP contribution in [-0.2, 0) is 6.54 Å². The molecule has 1 heterocycles. The van der Waals surface area contributed by atoms with Gasteiger partial charge in [0, 0.05) is 28.4 Å². The molecule has 2 rings (SSSR count). The van der Waals surface area contributed by atoms with E-state index in [0.29, 0.717) is 30.2 Å². The molecule has 0 saturated carbocycles. The topological polar surface area (TPSA) is 77.2 Å². The minimum Gasteiger partial charge on any atom is -0.494 e. The van der Waals surface area contributed by atoms with Gasteiger partial charge in [-0.15, -0.1) is 11.3 Å².